The van der Waals surface area contributed by atoms with Crippen molar-refractivity contribution < 1.29 is 14.6 Å². The number of nitrogens with zero attached hydrogens (tertiary/aromatic N) is 4. The smallest absolute Gasteiger partial charge is 0.252 e. The van der Waals surface area contributed by atoms with Gasteiger partial charge in [0.2, 0.25) is 5.88 Å². The van der Waals surface area contributed by atoms with E-state index < -0.39 is 11.2 Å². The lowest BCUT2D eigenvalue weighted by Crippen LogP contribution is -2.37. The third kappa shape index (κ3) is 3.40. The number of aromatic hydroxyl groups is 1. The molecule has 2 aliphatic rings. The number of carbonyl (C=O) groups excluding carboxylic acids is 1. The highest BCUT2D eigenvalue weighted by Crippen LogP contribution is 2.41. The van der Waals surface area contributed by atoms with Crippen LogP contribution in [0.15, 0.2) is 29.3 Å². The number of aromatic nitrogens is 4. The minimum absolute atomic E-state index is 0.184. The summed E-state index contributed by atoms with van der Waals surface area (Å²) in [7, 11) is 0. The summed E-state index contributed by atoms with van der Waals surface area (Å²) in [6.45, 7) is 2.95. The van der Waals surface area contributed by atoms with Crippen LogP contribution in [0.2, 0.25) is 0 Å². The van der Waals surface area contributed by atoms with Crippen LogP contribution in [0.3, 0.4) is 0 Å². The molecule has 0 saturated heterocycles. The molecule has 0 amide bonds. The number of rotatable bonds is 0. The third-order valence-corrected chi connectivity index (χ3v) is 6.59. The van der Waals surface area contributed by atoms with Gasteiger partial charge < -0.3 is 14.4 Å². The van der Waals surface area contributed by atoms with Crippen molar-refractivity contribution >= 4 is 16.8 Å². The van der Waals surface area contributed by atoms with Gasteiger partial charge in [-0.1, -0.05) is 12.8 Å². The molecule has 1 N–H and O–H groups in total. The highest BCUT2D eigenvalue weighted by atomic mass is 16.5. The lowest BCUT2D eigenvalue weighted by molar-refractivity contribution is 0.0967. The largest absolute Gasteiger partial charge is 0.503 e. The zero-order valence-corrected chi connectivity index (χ0v) is 17.6. The minimum atomic E-state index is -0.699. The van der Waals surface area contributed by atoms with Crippen molar-refractivity contribution in [2.75, 3.05) is 6.61 Å². The SMILES string of the molecule is Cc1cn2c3nc(ccc13)OCCCCC(=O)c1nn(cc(O)c1=O)CC21CCCC1. The molecule has 31 heavy (non-hydrogen) atoms. The van der Waals surface area contributed by atoms with Gasteiger partial charge >= 0.3 is 0 Å². The van der Waals surface area contributed by atoms with E-state index in [1.54, 1.807) is 4.68 Å². The summed E-state index contributed by atoms with van der Waals surface area (Å²) < 4.78 is 9.65. The first-order valence-corrected chi connectivity index (χ1v) is 10.9. The van der Waals surface area contributed by atoms with E-state index in [2.05, 4.69) is 28.9 Å². The summed E-state index contributed by atoms with van der Waals surface area (Å²) >= 11 is 0. The fraction of sp³-hybridized carbons (Fsp3) is 0.478. The molecular weight excluding hydrogens is 396 g/mol. The number of Topliss-reactive ketones (excluding diaryl/α,β-unsaturated/α-hetero) is 1. The maximum absolute atomic E-state index is 12.7. The zero-order valence-electron chi connectivity index (χ0n) is 17.6. The summed E-state index contributed by atoms with van der Waals surface area (Å²) in [5.74, 6) is -0.206. The molecule has 0 atom stereocenters. The fourth-order valence-corrected chi connectivity index (χ4v) is 4.97. The maximum atomic E-state index is 12.7. The molecule has 1 aliphatic heterocycles. The van der Waals surface area contributed by atoms with Gasteiger partial charge in [-0.15, -0.1) is 0 Å². The van der Waals surface area contributed by atoms with E-state index in [-0.39, 0.29) is 23.4 Å². The minimum Gasteiger partial charge on any atom is -0.503 e. The fourth-order valence-electron chi connectivity index (χ4n) is 4.97. The molecule has 8 heteroatoms. The highest BCUT2D eigenvalue weighted by Gasteiger charge is 2.38. The Morgan fingerprint density at radius 3 is 2.71 bits per heavy atom. The summed E-state index contributed by atoms with van der Waals surface area (Å²) in [6.07, 6.45) is 8.84. The predicted octanol–water partition coefficient (Wildman–Crippen LogP) is 3.32. The lowest BCUT2D eigenvalue weighted by Gasteiger charge is -2.32. The molecule has 1 aliphatic carbocycles. The van der Waals surface area contributed by atoms with Gasteiger partial charge in [-0.3, -0.25) is 14.3 Å². The third-order valence-electron chi connectivity index (χ3n) is 6.59. The van der Waals surface area contributed by atoms with E-state index in [1.165, 1.54) is 6.20 Å². The van der Waals surface area contributed by atoms with Crippen LogP contribution in [0.25, 0.3) is 11.0 Å². The average Bonchev–Trinajstić information content (AvgIpc) is 3.35. The molecule has 5 rings (SSSR count). The first-order valence-electron chi connectivity index (χ1n) is 10.9. The van der Waals surface area contributed by atoms with Gasteiger partial charge in [-0.25, -0.2) is 0 Å². The lowest BCUT2D eigenvalue weighted by atomic mass is 9.97. The predicted molar refractivity (Wildman–Crippen MR) is 115 cm³/mol. The van der Waals surface area contributed by atoms with Gasteiger partial charge in [0.05, 0.1) is 24.9 Å². The Morgan fingerprint density at radius 2 is 1.90 bits per heavy atom. The summed E-state index contributed by atoms with van der Waals surface area (Å²) in [6, 6.07) is 3.95. The van der Waals surface area contributed by atoms with Crippen molar-refractivity contribution in [3.05, 3.63) is 46.0 Å². The van der Waals surface area contributed by atoms with Crippen LogP contribution in [0, 0.1) is 6.92 Å². The average molecular weight is 422 g/mol. The van der Waals surface area contributed by atoms with Gasteiger partial charge in [0, 0.05) is 24.1 Å². The monoisotopic (exact) mass is 422 g/mol. The molecule has 8 nitrogen and oxygen atoms in total. The Bertz CT molecular complexity index is 1220. The molecule has 1 spiro atoms. The van der Waals surface area contributed by atoms with Crippen molar-refractivity contribution in [2.24, 2.45) is 0 Å². The molecule has 4 heterocycles. The van der Waals surface area contributed by atoms with E-state index in [4.69, 9.17) is 9.72 Å². The number of ether oxygens (including phenoxy) is 1. The second kappa shape index (κ2) is 7.51. The van der Waals surface area contributed by atoms with E-state index in [0.717, 1.165) is 42.3 Å². The molecular formula is C23H26N4O4. The molecule has 4 bridgehead atoms. The van der Waals surface area contributed by atoms with Crippen molar-refractivity contribution in [3.63, 3.8) is 0 Å². The quantitative estimate of drug-likeness (QED) is 0.597. The summed E-state index contributed by atoms with van der Waals surface area (Å²) in [4.78, 5) is 29.9. The first kappa shape index (κ1) is 19.8. The Labute approximate surface area is 179 Å². The molecule has 0 unspecified atom stereocenters. The van der Waals surface area contributed by atoms with Crippen LogP contribution < -0.4 is 10.2 Å². The van der Waals surface area contributed by atoms with Crippen LogP contribution in [-0.4, -0.2) is 36.8 Å². The Morgan fingerprint density at radius 1 is 1.10 bits per heavy atom. The standard InChI is InChI=1S/C23H26N4O4/c1-15-12-27-22-16(15)7-8-19(24-22)31-11-5-2-6-17(28)20-21(30)18(29)13-26(25-20)14-23(27)9-3-4-10-23/h7-8,12-13,29H,2-6,9-11,14H2,1H3. The number of hydrogen-bond donors (Lipinski definition) is 1. The summed E-state index contributed by atoms with van der Waals surface area (Å²) in [5.41, 5.74) is 0.806. The number of ketones is 1. The number of fused-ring (bicyclic) bond motifs is 4. The van der Waals surface area contributed by atoms with E-state index in [0.29, 0.717) is 31.9 Å². The molecule has 162 valence electrons. The van der Waals surface area contributed by atoms with Crippen LogP contribution in [0.1, 0.15) is 61.0 Å². The Hall–Kier alpha value is -3.16. The van der Waals surface area contributed by atoms with Crippen molar-refractivity contribution in [2.45, 2.75) is 64.0 Å². The number of pyridine rings is 1. The van der Waals surface area contributed by atoms with Crippen LogP contribution in [-0.2, 0) is 12.1 Å². The second-order valence-electron chi connectivity index (χ2n) is 8.75. The highest BCUT2D eigenvalue weighted by molar-refractivity contribution is 5.94. The topological polar surface area (TPSA) is 99.2 Å². The van der Waals surface area contributed by atoms with Gasteiger partial charge in [-0.2, -0.15) is 10.1 Å². The first-order chi connectivity index (χ1) is 15.0. The van der Waals surface area contributed by atoms with E-state index in [1.807, 2.05) is 6.07 Å². The van der Waals surface area contributed by atoms with Gasteiger partial charge in [0.15, 0.2) is 17.2 Å². The Balaban J connectivity index is 1.70. The zero-order chi connectivity index (χ0) is 21.6. The van der Waals surface area contributed by atoms with Crippen LogP contribution >= 0.6 is 0 Å². The summed E-state index contributed by atoms with van der Waals surface area (Å²) in [5, 5.41) is 15.7. The number of hydrogen-bond acceptors (Lipinski definition) is 6. The molecule has 0 radical (unpaired) electrons. The van der Waals surface area contributed by atoms with E-state index >= 15 is 0 Å². The van der Waals surface area contributed by atoms with Crippen molar-refractivity contribution in [1.82, 2.24) is 19.3 Å². The van der Waals surface area contributed by atoms with Gasteiger partial charge in [0.1, 0.15) is 5.65 Å². The Kier molecular flexibility index (Phi) is 4.79. The van der Waals surface area contributed by atoms with E-state index in [9.17, 15) is 14.7 Å². The molecule has 1 fully saturated rings. The van der Waals surface area contributed by atoms with Gasteiger partial charge in [0.25, 0.3) is 5.43 Å². The van der Waals surface area contributed by atoms with Gasteiger partial charge in [-0.05, 0) is 44.2 Å². The molecule has 0 aromatic carbocycles. The van der Waals surface area contributed by atoms with Crippen molar-refractivity contribution in [1.29, 1.82) is 0 Å². The normalized spacial score (nSPS) is 18.8. The van der Waals surface area contributed by atoms with Crippen LogP contribution in [0.5, 0.6) is 11.6 Å². The second-order valence-corrected chi connectivity index (χ2v) is 8.75. The number of aryl methyl sites for hydroxylation is 1. The molecule has 1 saturated carbocycles. The molecule has 3 aromatic rings. The molecule has 3 aromatic heterocycles. The van der Waals surface area contributed by atoms with Crippen molar-refractivity contribution in [3.8, 4) is 11.6 Å². The maximum Gasteiger partial charge on any atom is 0.252 e. The number of carbonyl (C=O) groups is 1. The van der Waals surface area contributed by atoms with Crippen LogP contribution in [0.4, 0.5) is 0 Å².